The second-order valence-electron chi connectivity index (χ2n) is 4.21. The summed E-state index contributed by atoms with van der Waals surface area (Å²) in [7, 11) is 3.29. The van der Waals surface area contributed by atoms with Gasteiger partial charge < -0.3 is 24.6 Å². The molecule has 1 aromatic carbocycles. The van der Waals surface area contributed by atoms with Crippen LogP contribution in [0, 0.1) is 0 Å². The zero-order valence-corrected chi connectivity index (χ0v) is 11.6. The van der Waals surface area contributed by atoms with Crippen molar-refractivity contribution in [2.75, 3.05) is 40.5 Å². The summed E-state index contributed by atoms with van der Waals surface area (Å²) in [5.41, 5.74) is 1.06. The van der Waals surface area contributed by atoms with Crippen LogP contribution in [0.5, 0.6) is 5.75 Å². The Bertz CT molecular complexity index is 329. The van der Waals surface area contributed by atoms with Gasteiger partial charge in [-0.2, -0.15) is 0 Å². The van der Waals surface area contributed by atoms with Crippen molar-refractivity contribution in [1.29, 1.82) is 0 Å². The molecule has 5 nitrogen and oxygen atoms in total. The van der Waals surface area contributed by atoms with E-state index in [9.17, 15) is 5.11 Å². The van der Waals surface area contributed by atoms with E-state index in [-0.39, 0.29) is 0 Å². The molecule has 1 aromatic rings. The SMILES string of the molecule is COCCNC[C@H](O)COCc1ccc(OC)cc1. The zero-order valence-electron chi connectivity index (χ0n) is 11.6. The van der Waals surface area contributed by atoms with Crippen molar-refractivity contribution < 1.29 is 19.3 Å². The summed E-state index contributed by atoms with van der Waals surface area (Å²) in [5.74, 6) is 0.825. The van der Waals surface area contributed by atoms with E-state index in [1.807, 2.05) is 24.3 Å². The molecule has 1 atom stereocenters. The van der Waals surface area contributed by atoms with Gasteiger partial charge >= 0.3 is 0 Å². The summed E-state index contributed by atoms with van der Waals surface area (Å²) in [6, 6.07) is 7.67. The number of aliphatic hydroxyl groups excluding tert-OH is 1. The number of hydrogen-bond donors (Lipinski definition) is 2. The van der Waals surface area contributed by atoms with Crippen LogP contribution in [0.2, 0.25) is 0 Å². The van der Waals surface area contributed by atoms with Crippen LogP contribution in [0.15, 0.2) is 24.3 Å². The molecule has 0 heterocycles. The van der Waals surface area contributed by atoms with E-state index >= 15 is 0 Å². The predicted molar refractivity (Wildman–Crippen MR) is 73.4 cm³/mol. The minimum atomic E-state index is -0.505. The maximum atomic E-state index is 9.66. The highest BCUT2D eigenvalue weighted by Gasteiger charge is 2.03. The van der Waals surface area contributed by atoms with Crippen LogP contribution in [0.1, 0.15) is 5.56 Å². The Hall–Kier alpha value is -1.14. The first kappa shape index (κ1) is 15.9. The Kier molecular flexibility index (Phi) is 8.16. The minimum Gasteiger partial charge on any atom is -0.497 e. The zero-order chi connectivity index (χ0) is 13.9. The van der Waals surface area contributed by atoms with Gasteiger partial charge in [0.25, 0.3) is 0 Å². The van der Waals surface area contributed by atoms with Gasteiger partial charge in [0.05, 0.1) is 33.0 Å². The van der Waals surface area contributed by atoms with E-state index in [1.54, 1.807) is 14.2 Å². The molecule has 0 radical (unpaired) electrons. The van der Waals surface area contributed by atoms with Gasteiger partial charge in [-0.15, -0.1) is 0 Å². The Morgan fingerprint density at radius 1 is 1.21 bits per heavy atom. The lowest BCUT2D eigenvalue weighted by molar-refractivity contribution is 0.0282. The van der Waals surface area contributed by atoms with E-state index < -0.39 is 6.10 Å². The number of methoxy groups -OCH3 is 2. The molecule has 0 aromatic heterocycles. The summed E-state index contributed by atoms with van der Waals surface area (Å²) < 4.78 is 15.4. The molecule has 0 aliphatic heterocycles. The Labute approximate surface area is 114 Å². The molecule has 0 amide bonds. The van der Waals surface area contributed by atoms with Gasteiger partial charge in [0.1, 0.15) is 5.75 Å². The fraction of sp³-hybridized carbons (Fsp3) is 0.571. The average molecular weight is 269 g/mol. The number of hydrogen-bond acceptors (Lipinski definition) is 5. The average Bonchev–Trinajstić information content (AvgIpc) is 2.44. The maximum absolute atomic E-state index is 9.66. The normalized spacial score (nSPS) is 12.4. The van der Waals surface area contributed by atoms with Crippen LogP contribution >= 0.6 is 0 Å². The number of ether oxygens (including phenoxy) is 3. The molecule has 0 aliphatic carbocycles. The van der Waals surface area contributed by atoms with Crippen molar-refractivity contribution in [1.82, 2.24) is 5.32 Å². The van der Waals surface area contributed by atoms with Gasteiger partial charge in [0.15, 0.2) is 0 Å². The van der Waals surface area contributed by atoms with Gasteiger partial charge in [0.2, 0.25) is 0 Å². The first-order valence-corrected chi connectivity index (χ1v) is 6.34. The van der Waals surface area contributed by atoms with E-state index in [0.717, 1.165) is 17.9 Å². The van der Waals surface area contributed by atoms with Crippen molar-refractivity contribution in [3.05, 3.63) is 29.8 Å². The molecule has 0 saturated carbocycles. The van der Waals surface area contributed by atoms with Crippen LogP contribution < -0.4 is 10.1 Å². The van der Waals surface area contributed by atoms with Crippen molar-refractivity contribution in [2.45, 2.75) is 12.7 Å². The molecule has 108 valence electrons. The predicted octanol–water partition coefficient (Wildman–Crippen LogP) is 0.809. The first-order chi connectivity index (χ1) is 9.26. The molecular weight excluding hydrogens is 246 g/mol. The highest BCUT2D eigenvalue weighted by atomic mass is 16.5. The van der Waals surface area contributed by atoms with Gasteiger partial charge in [-0.3, -0.25) is 0 Å². The smallest absolute Gasteiger partial charge is 0.118 e. The third kappa shape index (κ3) is 7.12. The Morgan fingerprint density at radius 2 is 1.95 bits per heavy atom. The van der Waals surface area contributed by atoms with Gasteiger partial charge in [-0.25, -0.2) is 0 Å². The Morgan fingerprint density at radius 3 is 2.58 bits per heavy atom. The van der Waals surface area contributed by atoms with E-state index in [1.165, 1.54) is 0 Å². The molecule has 19 heavy (non-hydrogen) atoms. The van der Waals surface area contributed by atoms with Crippen molar-refractivity contribution in [2.24, 2.45) is 0 Å². The number of nitrogens with one attached hydrogen (secondary N) is 1. The molecule has 0 unspecified atom stereocenters. The quantitative estimate of drug-likeness (QED) is 0.616. The molecule has 5 heteroatoms. The molecule has 0 bridgehead atoms. The molecule has 0 spiro atoms. The summed E-state index contributed by atoms with van der Waals surface area (Å²) in [6.07, 6.45) is -0.505. The topological polar surface area (TPSA) is 60.0 Å². The lowest BCUT2D eigenvalue weighted by atomic mass is 10.2. The second-order valence-corrected chi connectivity index (χ2v) is 4.21. The van der Waals surface area contributed by atoms with Gasteiger partial charge in [-0.05, 0) is 17.7 Å². The van der Waals surface area contributed by atoms with Crippen LogP contribution in [0.4, 0.5) is 0 Å². The first-order valence-electron chi connectivity index (χ1n) is 6.34. The lowest BCUT2D eigenvalue weighted by Gasteiger charge is -2.12. The molecular formula is C14H23NO4. The van der Waals surface area contributed by atoms with E-state index in [4.69, 9.17) is 14.2 Å². The largest absolute Gasteiger partial charge is 0.497 e. The number of rotatable bonds is 10. The summed E-state index contributed by atoms with van der Waals surface area (Å²) in [5, 5.41) is 12.7. The molecule has 1 rings (SSSR count). The molecule has 0 fully saturated rings. The summed E-state index contributed by atoms with van der Waals surface area (Å²) >= 11 is 0. The van der Waals surface area contributed by atoms with Crippen molar-refractivity contribution in [3.63, 3.8) is 0 Å². The van der Waals surface area contributed by atoms with Crippen LogP contribution in [-0.2, 0) is 16.1 Å². The second kappa shape index (κ2) is 9.75. The number of benzene rings is 1. The monoisotopic (exact) mass is 269 g/mol. The van der Waals surface area contributed by atoms with Crippen molar-refractivity contribution >= 4 is 0 Å². The molecule has 0 saturated heterocycles. The standard InChI is InChI=1S/C14H23NO4/c1-17-8-7-15-9-13(16)11-19-10-12-3-5-14(18-2)6-4-12/h3-6,13,15-16H,7-11H2,1-2H3/t13-/m0/s1. The molecule has 0 aliphatic rings. The third-order valence-electron chi connectivity index (χ3n) is 2.60. The van der Waals surface area contributed by atoms with Crippen LogP contribution in [-0.4, -0.2) is 51.7 Å². The highest BCUT2D eigenvalue weighted by Crippen LogP contribution is 2.11. The van der Waals surface area contributed by atoms with E-state index in [2.05, 4.69) is 5.32 Å². The number of aliphatic hydroxyl groups is 1. The van der Waals surface area contributed by atoms with Crippen LogP contribution in [0.25, 0.3) is 0 Å². The van der Waals surface area contributed by atoms with Gasteiger partial charge in [0, 0.05) is 20.2 Å². The third-order valence-corrected chi connectivity index (χ3v) is 2.60. The fourth-order valence-corrected chi connectivity index (χ4v) is 1.54. The minimum absolute atomic E-state index is 0.312. The summed E-state index contributed by atoms with van der Waals surface area (Å²) in [6.45, 7) is 2.67. The van der Waals surface area contributed by atoms with Gasteiger partial charge in [-0.1, -0.05) is 12.1 Å². The molecule has 2 N–H and O–H groups in total. The highest BCUT2D eigenvalue weighted by molar-refractivity contribution is 5.26. The summed E-state index contributed by atoms with van der Waals surface area (Å²) in [4.78, 5) is 0. The Balaban J connectivity index is 2.11. The van der Waals surface area contributed by atoms with E-state index in [0.29, 0.717) is 26.4 Å². The van der Waals surface area contributed by atoms with Crippen LogP contribution in [0.3, 0.4) is 0 Å². The lowest BCUT2D eigenvalue weighted by Crippen LogP contribution is -2.32. The van der Waals surface area contributed by atoms with Crippen molar-refractivity contribution in [3.8, 4) is 5.75 Å². The maximum Gasteiger partial charge on any atom is 0.118 e. The fourth-order valence-electron chi connectivity index (χ4n) is 1.54.